The van der Waals surface area contributed by atoms with Crippen LogP contribution in [0.25, 0.3) is 0 Å². The minimum absolute atomic E-state index is 0.130. The third kappa shape index (κ3) is 33.4. The van der Waals surface area contributed by atoms with Gasteiger partial charge in [0.2, 0.25) is 0 Å². The molecule has 0 radical (unpaired) electrons. The molecule has 0 saturated heterocycles. The van der Waals surface area contributed by atoms with E-state index in [-0.39, 0.29) is 5.97 Å². The van der Waals surface area contributed by atoms with Crippen LogP contribution in [0.2, 0.25) is 0 Å². The molecule has 1 aromatic rings. The molecule has 0 heterocycles. The number of rotatable bonds is 40. The summed E-state index contributed by atoms with van der Waals surface area (Å²) >= 11 is 0. The highest BCUT2D eigenvalue weighted by atomic mass is 16.6. The average Bonchev–Trinajstić information content (AvgIpc) is 3.13. The molecule has 0 bridgehead atoms. The van der Waals surface area contributed by atoms with Crippen molar-refractivity contribution in [2.24, 2.45) is 0 Å². The van der Waals surface area contributed by atoms with Crippen LogP contribution < -0.4 is 4.74 Å². The average molecular weight is 711 g/mol. The van der Waals surface area contributed by atoms with Crippen LogP contribution in [0, 0.1) is 0 Å². The number of ether oxygens (including phenoxy) is 8. The lowest BCUT2D eigenvalue weighted by Gasteiger charge is -2.09. The number of carbonyl (C=O) groups is 1. The molecular formula is C41H74O9. The quantitative estimate of drug-likeness (QED) is 0.0489. The number of aryl methyl sites for hydroxylation is 1. The summed E-state index contributed by atoms with van der Waals surface area (Å²) in [6.45, 7) is 11.3. The van der Waals surface area contributed by atoms with Gasteiger partial charge in [0.25, 0.3) is 0 Å². The molecule has 0 aromatic heterocycles. The van der Waals surface area contributed by atoms with Gasteiger partial charge in [-0.3, -0.25) is 4.79 Å². The van der Waals surface area contributed by atoms with Crippen LogP contribution >= 0.6 is 0 Å². The first-order valence-corrected chi connectivity index (χ1v) is 20.1. The van der Waals surface area contributed by atoms with Crippen LogP contribution in [0.4, 0.5) is 0 Å². The Morgan fingerprint density at radius 3 is 1.22 bits per heavy atom. The summed E-state index contributed by atoms with van der Waals surface area (Å²) in [7, 11) is 0. The highest BCUT2D eigenvalue weighted by molar-refractivity contribution is 5.69. The summed E-state index contributed by atoms with van der Waals surface area (Å²) < 4.78 is 44.1. The standard InChI is InChI=1S/C41H74O9/c1-3-5-7-9-11-12-14-16-18-20-41(42)50-38-36-48-34-32-46-30-28-44-26-25-43-27-29-45-31-33-47-35-37-49-40-23-21-39(22-24-40)19-17-15-13-10-8-6-4-2/h21-24H,3-20,25-38H2,1-2H3. The summed E-state index contributed by atoms with van der Waals surface area (Å²) in [6.07, 6.45) is 22.2. The second-order valence-corrected chi connectivity index (χ2v) is 12.8. The van der Waals surface area contributed by atoms with Gasteiger partial charge in [0.15, 0.2) is 0 Å². The van der Waals surface area contributed by atoms with E-state index >= 15 is 0 Å². The van der Waals surface area contributed by atoms with Crippen LogP contribution in [-0.4, -0.2) is 98.5 Å². The van der Waals surface area contributed by atoms with Gasteiger partial charge in [-0.1, -0.05) is 116 Å². The first-order valence-electron chi connectivity index (χ1n) is 20.1. The fourth-order valence-corrected chi connectivity index (χ4v) is 5.33. The van der Waals surface area contributed by atoms with E-state index in [2.05, 4.69) is 38.1 Å². The van der Waals surface area contributed by atoms with E-state index in [9.17, 15) is 4.79 Å². The van der Waals surface area contributed by atoms with Crippen molar-refractivity contribution < 1.29 is 42.7 Å². The van der Waals surface area contributed by atoms with E-state index in [4.69, 9.17) is 37.9 Å². The van der Waals surface area contributed by atoms with Crippen molar-refractivity contribution in [2.75, 3.05) is 92.5 Å². The molecule has 9 heteroatoms. The fourth-order valence-electron chi connectivity index (χ4n) is 5.33. The van der Waals surface area contributed by atoms with Crippen molar-refractivity contribution in [2.45, 2.75) is 129 Å². The second-order valence-electron chi connectivity index (χ2n) is 12.8. The van der Waals surface area contributed by atoms with E-state index in [1.165, 1.54) is 95.5 Å². The zero-order valence-corrected chi connectivity index (χ0v) is 32.1. The number of hydrogen-bond acceptors (Lipinski definition) is 9. The minimum atomic E-state index is -0.130. The van der Waals surface area contributed by atoms with Crippen LogP contribution in [0.5, 0.6) is 5.75 Å². The lowest BCUT2D eigenvalue weighted by atomic mass is 10.0. The maximum absolute atomic E-state index is 11.8. The third-order valence-electron chi connectivity index (χ3n) is 8.32. The van der Waals surface area contributed by atoms with Crippen LogP contribution in [0.3, 0.4) is 0 Å². The number of hydrogen-bond donors (Lipinski definition) is 0. The summed E-state index contributed by atoms with van der Waals surface area (Å²) in [4.78, 5) is 11.8. The van der Waals surface area contributed by atoms with Crippen molar-refractivity contribution in [3.8, 4) is 5.75 Å². The summed E-state index contributed by atoms with van der Waals surface area (Å²) in [5, 5.41) is 0. The molecule has 0 unspecified atom stereocenters. The maximum Gasteiger partial charge on any atom is 0.305 e. The molecule has 0 amide bonds. The van der Waals surface area contributed by atoms with Gasteiger partial charge in [-0.2, -0.15) is 0 Å². The first kappa shape index (κ1) is 46.3. The van der Waals surface area contributed by atoms with Gasteiger partial charge < -0.3 is 37.9 Å². The van der Waals surface area contributed by atoms with Crippen LogP contribution in [0.15, 0.2) is 24.3 Å². The predicted octanol–water partition coefficient (Wildman–Crippen LogP) is 8.92. The number of benzene rings is 1. The third-order valence-corrected chi connectivity index (χ3v) is 8.32. The van der Waals surface area contributed by atoms with E-state index in [1.54, 1.807) is 0 Å². The van der Waals surface area contributed by atoms with Crippen LogP contribution in [0.1, 0.15) is 129 Å². The van der Waals surface area contributed by atoms with Crippen molar-refractivity contribution >= 4 is 5.97 Å². The molecule has 0 aliphatic carbocycles. The van der Waals surface area contributed by atoms with E-state index < -0.39 is 0 Å². The monoisotopic (exact) mass is 711 g/mol. The smallest absolute Gasteiger partial charge is 0.305 e. The van der Waals surface area contributed by atoms with Gasteiger partial charge >= 0.3 is 5.97 Å². The molecule has 0 atom stereocenters. The minimum Gasteiger partial charge on any atom is -0.491 e. The molecule has 1 rings (SSSR count). The predicted molar refractivity (Wildman–Crippen MR) is 201 cm³/mol. The number of unbranched alkanes of at least 4 members (excludes halogenated alkanes) is 14. The molecule has 0 fully saturated rings. The molecule has 292 valence electrons. The van der Waals surface area contributed by atoms with Crippen molar-refractivity contribution in [1.82, 2.24) is 0 Å². The Balaban J connectivity index is 1.73. The Kier molecular flexibility index (Phi) is 35.6. The second kappa shape index (κ2) is 38.5. The summed E-state index contributed by atoms with van der Waals surface area (Å²) in [6, 6.07) is 8.46. The molecular weight excluding hydrogens is 636 g/mol. The largest absolute Gasteiger partial charge is 0.491 e. The topological polar surface area (TPSA) is 90.9 Å². The van der Waals surface area contributed by atoms with Gasteiger partial charge in [-0.05, 0) is 37.0 Å². The molecule has 0 aliphatic heterocycles. The van der Waals surface area contributed by atoms with Crippen molar-refractivity contribution in [3.63, 3.8) is 0 Å². The Morgan fingerprint density at radius 1 is 0.420 bits per heavy atom. The van der Waals surface area contributed by atoms with Gasteiger partial charge in [-0.25, -0.2) is 0 Å². The lowest BCUT2D eigenvalue weighted by molar-refractivity contribution is -0.145. The number of carbonyl (C=O) groups excluding carboxylic acids is 1. The highest BCUT2D eigenvalue weighted by Crippen LogP contribution is 2.15. The van der Waals surface area contributed by atoms with Gasteiger partial charge in [-0.15, -0.1) is 0 Å². The van der Waals surface area contributed by atoms with Gasteiger partial charge in [0.1, 0.15) is 19.0 Å². The first-order chi connectivity index (χ1) is 24.8. The molecule has 0 spiro atoms. The van der Waals surface area contributed by atoms with E-state index in [0.717, 1.165) is 25.0 Å². The maximum atomic E-state index is 11.8. The Labute approximate surface area is 305 Å². The lowest BCUT2D eigenvalue weighted by Crippen LogP contribution is -2.15. The van der Waals surface area contributed by atoms with Crippen LogP contribution in [-0.2, 0) is 44.4 Å². The summed E-state index contributed by atoms with van der Waals surface area (Å²) in [5.74, 6) is 0.757. The molecule has 0 aliphatic rings. The normalized spacial score (nSPS) is 11.3. The Hall–Kier alpha value is -1.75. The molecule has 0 saturated carbocycles. The number of esters is 1. The van der Waals surface area contributed by atoms with E-state index in [0.29, 0.717) is 98.9 Å². The van der Waals surface area contributed by atoms with Crippen molar-refractivity contribution in [3.05, 3.63) is 29.8 Å². The fraction of sp³-hybridized carbons (Fsp3) is 0.829. The molecule has 1 aromatic carbocycles. The zero-order chi connectivity index (χ0) is 35.8. The molecule has 50 heavy (non-hydrogen) atoms. The van der Waals surface area contributed by atoms with Crippen molar-refractivity contribution in [1.29, 1.82) is 0 Å². The molecule has 0 N–H and O–H groups in total. The zero-order valence-electron chi connectivity index (χ0n) is 32.1. The SMILES string of the molecule is CCCCCCCCCCCC(=O)OCCOCCOCCOCCOCCOCCOCCOc1ccc(CCCCCCCCC)cc1. The Bertz CT molecular complexity index is 821. The van der Waals surface area contributed by atoms with E-state index in [1.807, 2.05) is 0 Å². The van der Waals surface area contributed by atoms with Gasteiger partial charge in [0.05, 0.1) is 79.3 Å². The Morgan fingerprint density at radius 2 is 0.780 bits per heavy atom. The van der Waals surface area contributed by atoms with Gasteiger partial charge in [0, 0.05) is 6.42 Å². The molecule has 9 nitrogen and oxygen atoms in total. The highest BCUT2D eigenvalue weighted by Gasteiger charge is 2.03. The summed E-state index contributed by atoms with van der Waals surface area (Å²) in [5.41, 5.74) is 1.38.